The van der Waals surface area contributed by atoms with Crippen LogP contribution in [0.5, 0.6) is 0 Å². The van der Waals surface area contributed by atoms with Gasteiger partial charge >= 0.3 is 0 Å². The van der Waals surface area contributed by atoms with Crippen LogP contribution < -0.4 is 5.32 Å². The zero-order chi connectivity index (χ0) is 7.61. The molecule has 1 aliphatic rings. The van der Waals surface area contributed by atoms with Crippen LogP contribution in [0.1, 0.15) is 13.3 Å². The van der Waals surface area contributed by atoms with Crippen LogP contribution in [0.2, 0.25) is 0 Å². The molecule has 0 amide bonds. The topological polar surface area (TPSA) is 49.3 Å². The predicted molar refractivity (Wildman–Crippen MR) is 37.4 cm³/mol. The zero-order valence-corrected chi connectivity index (χ0v) is 5.92. The van der Waals surface area contributed by atoms with Crippen LogP contribution >= 0.6 is 0 Å². The van der Waals surface area contributed by atoms with Crippen molar-refractivity contribution < 1.29 is 9.90 Å². The van der Waals surface area contributed by atoms with Crippen molar-refractivity contribution in [3.8, 4) is 0 Å². The van der Waals surface area contributed by atoms with E-state index in [0.29, 0.717) is 6.42 Å². The summed E-state index contributed by atoms with van der Waals surface area (Å²) in [5.74, 6) is 0.0651. The first-order valence-electron chi connectivity index (χ1n) is 3.24. The van der Waals surface area contributed by atoms with Crippen molar-refractivity contribution in [3.05, 3.63) is 12.3 Å². The van der Waals surface area contributed by atoms with E-state index >= 15 is 0 Å². The Labute approximate surface area is 59.7 Å². The van der Waals surface area contributed by atoms with Crippen LogP contribution in [0, 0.1) is 0 Å². The van der Waals surface area contributed by atoms with Crippen LogP contribution in [-0.4, -0.2) is 23.0 Å². The smallest absolute Gasteiger partial charge is 0.159 e. The number of allylic oxidation sites excluding steroid dienone is 1. The molecule has 10 heavy (non-hydrogen) atoms. The Kier molecular flexibility index (Phi) is 1.76. The second-order valence-electron chi connectivity index (χ2n) is 2.84. The molecule has 56 valence electrons. The Morgan fingerprint density at radius 2 is 2.60 bits per heavy atom. The van der Waals surface area contributed by atoms with E-state index in [0.717, 1.165) is 0 Å². The molecule has 1 aliphatic heterocycles. The SMILES string of the molecule is CC1(CO)CC(=O)C=CN1. The number of hydrogen-bond acceptors (Lipinski definition) is 3. The van der Waals surface area contributed by atoms with E-state index in [9.17, 15) is 4.79 Å². The number of nitrogens with one attached hydrogen (secondary N) is 1. The molecular weight excluding hydrogens is 130 g/mol. The summed E-state index contributed by atoms with van der Waals surface area (Å²) in [6.07, 6.45) is 3.44. The summed E-state index contributed by atoms with van der Waals surface area (Å²) in [7, 11) is 0. The number of ketones is 1. The van der Waals surface area contributed by atoms with Gasteiger partial charge in [-0.2, -0.15) is 0 Å². The number of carbonyl (C=O) groups excluding carboxylic acids is 1. The fourth-order valence-electron chi connectivity index (χ4n) is 0.932. The van der Waals surface area contributed by atoms with E-state index in [1.165, 1.54) is 6.08 Å². The van der Waals surface area contributed by atoms with E-state index in [1.807, 2.05) is 6.92 Å². The molecule has 3 nitrogen and oxygen atoms in total. The Morgan fingerprint density at radius 1 is 1.90 bits per heavy atom. The third-order valence-electron chi connectivity index (χ3n) is 1.61. The van der Waals surface area contributed by atoms with Crippen LogP contribution in [0.25, 0.3) is 0 Å². The maximum Gasteiger partial charge on any atom is 0.159 e. The van der Waals surface area contributed by atoms with E-state index < -0.39 is 5.54 Å². The molecular formula is C7H11NO2. The fourth-order valence-corrected chi connectivity index (χ4v) is 0.932. The van der Waals surface area contributed by atoms with E-state index in [4.69, 9.17) is 5.11 Å². The molecule has 3 heteroatoms. The molecule has 0 saturated heterocycles. The minimum atomic E-state index is -0.439. The summed E-state index contributed by atoms with van der Waals surface area (Å²) in [4.78, 5) is 10.8. The molecule has 1 unspecified atom stereocenters. The average Bonchev–Trinajstić information content (AvgIpc) is 1.88. The number of aliphatic hydroxyl groups excluding tert-OH is 1. The molecule has 0 aromatic heterocycles. The molecule has 0 spiro atoms. The van der Waals surface area contributed by atoms with Gasteiger partial charge in [-0.15, -0.1) is 0 Å². The van der Waals surface area contributed by atoms with Crippen molar-refractivity contribution in [1.82, 2.24) is 5.32 Å². The third kappa shape index (κ3) is 1.36. The van der Waals surface area contributed by atoms with Gasteiger partial charge in [-0.25, -0.2) is 0 Å². The number of aliphatic hydroxyl groups is 1. The minimum absolute atomic E-state index is 0.0108. The van der Waals surface area contributed by atoms with E-state index in [-0.39, 0.29) is 12.4 Å². The quantitative estimate of drug-likeness (QED) is 0.532. The standard InChI is InChI=1S/C7H11NO2/c1-7(5-9)4-6(10)2-3-8-7/h2-3,8-9H,4-5H2,1H3. The molecule has 2 N–H and O–H groups in total. The van der Waals surface area contributed by atoms with Crippen LogP contribution in [0.3, 0.4) is 0 Å². The average molecular weight is 141 g/mol. The van der Waals surface area contributed by atoms with Crippen molar-refractivity contribution in [2.45, 2.75) is 18.9 Å². The maximum absolute atomic E-state index is 10.8. The summed E-state index contributed by atoms with van der Waals surface area (Å²) >= 11 is 0. The second-order valence-corrected chi connectivity index (χ2v) is 2.84. The highest BCUT2D eigenvalue weighted by molar-refractivity contribution is 5.91. The fraction of sp³-hybridized carbons (Fsp3) is 0.571. The van der Waals surface area contributed by atoms with Crippen molar-refractivity contribution in [1.29, 1.82) is 0 Å². The molecule has 0 aliphatic carbocycles. The van der Waals surface area contributed by atoms with Crippen LogP contribution in [0.15, 0.2) is 12.3 Å². The maximum atomic E-state index is 10.8. The Balaban J connectivity index is 2.67. The van der Waals surface area contributed by atoms with Gasteiger partial charge in [-0.3, -0.25) is 4.79 Å². The molecule has 0 aromatic carbocycles. The number of rotatable bonds is 1. The summed E-state index contributed by atoms with van der Waals surface area (Å²) < 4.78 is 0. The molecule has 0 fully saturated rings. The highest BCUT2D eigenvalue weighted by Crippen LogP contribution is 2.12. The Bertz CT molecular complexity index is 176. The van der Waals surface area contributed by atoms with Gasteiger partial charge < -0.3 is 10.4 Å². The summed E-state index contributed by atoms with van der Waals surface area (Å²) in [5, 5.41) is 11.7. The molecule has 0 bridgehead atoms. The van der Waals surface area contributed by atoms with Gasteiger partial charge in [-0.05, 0) is 13.0 Å². The zero-order valence-electron chi connectivity index (χ0n) is 5.92. The monoisotopic (exact) mass is 141 g/mol. The van der Waals surface area contributed by atoms with Gasteiger partial charge in [-0.1, -0.05) is 0 Å². The molecule has 1 rings (SSSR count). The Hall–Kier alpha value is -0.830. The normalized spacial score (nSPS) is 32.0. The highest BCUT2D eigenvalue weighted by atomic mass is 16.3. The van der Waals surface area contributed by atoms with Gasteiger partial charge in [0.05, 0.1) is 12.1 Å². The summed E-state index contributed by atoms with van der Waals surface area (Å²) in [6, 6.07) is 0. The van der Waals surface area contributed by atoms with Crippen molar-refractivity contribution in [2.24, 2.45) is 0 Å². The number of hydrogen-bond donors (Lipinski definition) is 2. The highest BCUT2D eigenvalue weighted by Gasteiger charge is 2.26. The largest absolute Gasteiger partial charge is 0.394 e. The first kappa shape index (κ1) is 7.28. The third-order valence-corrected chi connectivity index (χ3v) is 1.61. The van der Waals surface area contributed by atoms with Gasteiger partial charge in [0.15, 0.2) is 5.78 Å². The van der Waals surface area contributed by atoms with Gasteiger partial charge in [0.2, 0.25) is 0 Å². The predicted octanol–water partition coefficient (Wildman–Crippen LogP) is -0.187. The lowest BCUT2D eigenvalue weighted by Gasteiger charge is -2.29. The second kappa shape index (κ2) is 2.42. The van der Waals surface area contributed by atoms with Crippen molar-refractivity contribution >= 4 is 5.78 Å². The lowest BCUT2D eigenvalue weighted by molar-refractivity contribution is -0.116. The first-order chi connectivity index (χ1) is 4.66. The van der Waals surface area contributed by atoms with E-state index in [1.54, 1.807) is 6.20 Å². The van der Waals surface area contributed by atoms with Crippen LogP contribution in [-0.2, 0) is 4.79 Å². The van der Waals surface area contributed by atoms with Gasteiger partial charge in [0.1, 0.15) is 0 Å². The molecule has 1 atom stereocenters. The molecule has 0 aromatic rings. The molecule has 0 saturated carbocycles. The molecule has 0 radical (unpaired) electrons. The Morgan fingerprint density at radius 3 is 3.00 bits per heavy atom. The lowest BCUT2D eigenvalue weighted by atomic mass is 9.94. The van der Waals surface area contributed by atoms with Crippen molar-refractivity contribution in [2.75, 3.05) is 6.61 Å². The summed E-state index contributed by atoms with van der Waals surface area (Å²) in [6.45, 7) is 1.80. The minimum Gasteiger partial charge on any atom is -0.394 e. The van der Waals surface area contributed by atoms with Crippen LogP contribution in [0.4, 0.5) is 0 Å². The van der Waals surface area contributed by atoms with Crippen molar-refractivity contribution in [3.63, 3.8) is 0 Å². The first-order valence-corrected chi connectivity index (χ1v) is 3.24. The molecule has 1 heterocycles. The van der Waals surface area contributed by atoms with Gasteiger partial charge in [0, 0.05) is 12.6 Å². The number of carbonyl (C=O) groups is 1. The van der Waals surface area contributed by atoms with E-state index in [2.05, 4.69) is 5.32 Å². The lowest BCUT2D eigenvalue weighted by Crippen LogP contribution is -2.46. The summed E-state index contributed by atoms with van der Waals surface area (Å²) in [5.41, 5.74) is -0.439. The van der Waals surface area contributed by atoms with Gasteiger partial charge in [0.25, 0.3) is 0 Å².